The van der Waals surface area contributed by atoms with Crippen LogP contribution in [-0.2, 0) is 11.3 Å². The molecule has 134 valence electrons. The third-order valence-electron chi connectivity index (χ3n) is 4.15. The second-order valence-corrected chi connectivity index (χ2v) is 7.15. The maximum atomic E-state index is 12.6. The van der Waals surface area contributed by atoms with E-state index in [4.69, 9.17) is 4.74 Å². The quantitative estimate of drug-likeness (QED) is 0.666. The minimum atomic E-state index is -0.246. The first-order valence-corrected chi connectivity index (χ1v) is 9.44. The summed E-state index contributed by atoms with van der Waals surface area (Å²) >= 11 is 0.982. The molecule has 1 atom stereocenters. The van der Waals surface area contributed by atoms with Crippen LogP contribution in [0.4, 0.5) is 4.79 Å². The molecule has 1 aliphatic heterocycles. The summed E-state index contributed by atoms with van der Waals surface area (Å²) in [6.45, 7) is 4.39. The maximum absolute atomic E-state index is 12.6. The first-order chi connectivity index (χ1) is 12.6. The molecule has 1 saturated heterocycles. The van der Waals surface area contributed by atoms with Crippen LogP contribution in [0.25, 0.3) is 6.08 Å². The minimum absolute atomic E-state index is 0.162. The minimum Gasteiger partial charge on any atom is -0.491 e. The van der Waals surface area contributed by atoms with Crippen LogP contribution in [-0.4, -0.2) is 22.2 Å². The van der Waals surface area contributed by atoms with Gasteiger partial charge >= 0.3 is 0 Å². The number of carbonyl (C=O) groups is 2. The Bertz CT molecular complexity index is 815. The van der Waals surface area contributed by atoms with Gasteiger partial charge in [0.15, 0.2) is 0 Å². The molecular weight excluding hydrogens is 346 g/mol. The molecule has 0 bridgehead atoms. The Hall–Kier alpha value is -2.53. The maximum Gasteiger partial charge on any atom is 0.293 e. The molecule has 1 heterocycles. The fourth-order valence-electron chi connectivity index (χ4n) is 2.51. The van der Waals surface area contributed by atoms with Crippen molar-refractivity contribution < 1.29 is 14.3 Å². The summed E-state index contributed by atoms with van der Waals surface area (Å²) in [4.78, 5) is 26.5. The van der Waals surface area contributed by atoms with Crippen LogP contribution >= 0.6 is 11.8 Å². The lowest BCUT2D eigenvalue weighted by molar-refractivity contribution is -0.123. The van der Waals surface area contributed by atoms with Gasteiger partial charge in [0, 0.05) is 0 Å². The van der Waals surface area contributed by atoms with E-state index in [0.717, 1.165) is 35.1 Å². The Balaban J connectivity index is 1.71. The van der Waals surface area contributed by atoms with Crippen molar-refractivity contribution in [1.82, 2.24) is 4.90 Å². The molecule has 5 heteroatoms. The summed E-state index contributed by atoms with van der Waals surface area (Å²) in [6.07, 6.45) is 2.86. The van der Waals surface area contributed by atoms with E-state index in [1.807, 2.05) is 61.5 Å². The summed E-state index contributed by atoms with van der Waals surface area (Å²) in [7, 11) is 0. The topological polar surface area (TPSA) is 46.6 Å². The number of benzene rings is 2. The number of carbonyl (C=O) groups excluding carboxylic acids is 2. The van der Waals surface area contributed by atoms with Crippen molar-refractivity contribution in [3.05, 3.63) is 70.6 Å². The number of rotatable bonds is 6. The summed E-state index contributed by atoms with van der Waals surface area (Å²) in [6, 6.07) is 17.1. The summed E-state index contributed by atoms with van der Waals surface area (Å²) in [5.74, 6) is 0.553. The molecule has 4 nitrogen and oxygen atoms in total. The average Bonchev–Trinajstić information content (AvgIpc) is 2.91. The molecular formula is C21H21NO3S. The van der Waals surface area contributed by atoms with Gasteiger partial charge in [-0.25, -0.2) is 0 Å². The smallest absolute Gasteiger partial charge is 0.293 e. The van der Waals surface area contributed by atoms with Gasteiger partial charge in [-0.3, -0.25) is 14.5 Å². The molecule has 0 N–H and O–H groups in total. The Labute approximate surface area is 157 Å². The van der Waals surface area contributed by atoms with Crippen molar-refractivity contribution in [2.45, 2.75) is 32.9 Å². The fourth-order valence-corrected chi connectivity index (χ4v) is 3.35. The standard InChI is InChI=1S/C21H21NO3S/c1-3-15(2)25-18-11-9-16(10-12-18)13-19-20(23)22(21(24)26-19)14-17-7-5-4-6-8-17/h4-13,15H,3,14H2,1-2H3/b19-13-/t15-/m0/s1. The molecule has 0 saturated carbocycles. The zero-order valence-electron chi connectivity index (χ0n) is 14.8. The van der Waals surface area contributed by atoms with Crippen LogP contribution in [0.15, 0.2) is 59.5 Å². The van der Waals surface area contributed by atoms with Crippen LogP contribution in [0.1, 0.15) is 31.4 Å². The highest BCUT2D eigenvalue weighted by molar-refractivity contribution is 8.18. The molecule has 0 aliphatic carbocycles. The normalized spacial score (nSPS) is 17.0. The second-order valence-electron chi connectivity index (χ2n) is 6.16. The van der Waals surface area contributed by atoms with Crippen LogP contribution in [0.3, 0.4) is 0 Å². The number of hydrogen-bond donors (Lipinski definition) is 0. The van der Waals surface area contributed by atoms with Gasteiger partial charge in [-0.1, -0.05) is 49.4 Å². The summed E-state index contributed by atoms with van der Waals surface area (Å²) in [5, 5.41) is -0.234. The van der Waals surface area contributed by atoms with Crippen molar-refractivity contribution in [1.29, 1.82) is 0 Å². The number of amides is 2. The predicted molar refractivity (Wildman–Crippen MR) is 105 cm³/mol. The van der Waals surface area contributed by atoms with Crippen molar-refractivity contribution in [3.63, 3.8) is 0 Å². The lowest BCUT2D eigenvalue weighted by Gasteiger charge is -2.12. The van der Waals surface area contributed by atoms with Crippen LogP contribution in [0.5, 0.6) is 5.75 Å². The van der Waals surface area contributed by atoms with Crippen LogP contribution in [0.2, 0.25) is 0 Å². The van der Waals surface area contributed by atoms with Crippen molar-refractivity contribution >= 4 is 29.0 Å². The van der Waals surface area contributed by atoms with E-state index in [9.17, 15) is 9.59 Å². The van der Waals surface area contributed by atoms with Crippen molar-refractivity contribution in [3.8, 4) is 5.75 Å². The molecule has 1 fully saturated rings. The van der Waals surface area contributed by atoms with Gasteiger partial charge < -0.3 is 4.74 Å². The highest BCUT2D eigenvalue weighted by Crippen LogP contribution is 2.33. The van der Waals surface area contributed by atoms with Crippen molar-refractivity contribution in [2.75, 3.05) is 0 Å². The third-order valence-corrected chi connectivity index (χ3v) is 5.05. The van der Waals surface area contributed by atoms with E-state index < -0.39 is 0 Å². The lowest BCUT2D eigenvalue weighted by atomic mass is 10.2. The van der Waals surface area contributed by atoms with E-state index in [-0.39, 0.29) is 17.3 Å². The van der Waals surface area contributed by atoms with Crippen LogP contribution < -0.4 is 4.74 Å². The Morgan fingerprint density at radius 1 is 1.08 bits per heavy atom. The largest absolute Gasteiger partial charge is 0.491 e. The van der Waals surface area contributed by atoms with Gasteiger partial charge in [0.2, 0.25) is 0 Å². The first-order valence-electron chi connectivity index (χ1n) is 8.63. The highest BCUT2D eigenvalue weighted by Gasteiger charge is 2.34. The van der Waals surface area contributed by atoms with E-state index in [0.29, 0.717) is 11.4 Å². The molecule has 0 radical (unpaired) electrons. The fraction of sp³-hybridized carbons (Fsp3) is 0.238. The summed E-state index contributed by atoms with van der Waals surface area (Å²) < 4.78 is 5.75. The Morgan fingerprint density at radius 3 is 2.42 bits per heavy atom. The Kier molecular flexibility index (Phi) is 5.78. The number of imide groups is 1. The number of thioether (sulfide) groups is 1. The third kappa shape index (κ3) is 4.35. The van der Waals surface area contributed by atoms with Crippen LogP contribution in [0, 0.1) is 0 Å². The zero-order chi connectivity index (χ0) is 18.5. The predicted octanol–water partition coefficient (Wildman–Crippen LogP) is 5.10. The summed E-state index contributed by atoms with van der Waals surface area (Å²) in [5.41, 5.74) is 1.80. The van der Waals surface area contributed by atoms with E-state index in [1.165, 1.54) is 4.90 Å². The molecule has 0 unspecified atom stereocenters. The van der Waals surface area contributed by atoms with Gasteiger partial charge in [-0.15, -0.1) is 0 Å². The van der Waals surface area contributed by atoms with Gasteiger partial charge in [-0.05, 0) is 54.4 Å². The molecule has 2 aromatic rings. The first kappa shape index (κ1) is 18.3. The van der Waals surface area contributed by atoms with E-state index >= 15 is 0 Å². The molecule has 0 aromatic heterocycles. The van der Waals surface area contributed by atoms with E-state index in [1.54, 1.807) is 6.08 Å². The van der Waals surface area contributed by atoms with Gasteiger partial charge in [0.25, 0.3) is 11.1 Å². The zero-order valence-corrected chi connectivity index (χ0v) is 15.7. The van der Waals surface area contributed by atoms with E-state index in [2.05, 4.69) is 6.92 Å². The van der Waals surface area contributed by atoms with Crippen molar-refractivity contribution in [2.24, 2.45) is 0 Å². The molecule has 2 aromatic carbocycles. The highest BCUT2D eigenvalue weighted by atomic mass is 32.2. The van der Waals surface area contributed by atoms with Gasteiger partial charge in [0.1, 0.15) is 5.75 Å². The van der Waals surface area contributed by atoms with Gasteiger partial charge in [0.05, 0.1) is 17.6 Å². The average molecular weight is 367 g/mol. The molecule has 1 aliphatic rings. The molecule has 0 spiro atoms. The monoisotopic (exact) mass is 367 g/mol. The SMILES string of the molecule is CC[C@H](C)Oc1ccc(/C=C2\SC(=O)N(Cc3ccccc3)C2=O)cc1. The second kappa shape index (κ2) is 8.23. The lowest BCUT2D eigenvalue weighted by Crippen LogP contribution is -2.27. The molecule has 26 heavy (non-hydrogen) atoms. The molecule has 3 rings (SSSR count). The molecule has 2 amide bonds. The number of ether oxygens (including phenoxy) is 1. The van der Waals surface area contributed by atoms with Gasteiger partial charge in [-0.2, -0.15) is 0 Å². The number of nitrogens with zero attached hydrogens (tertiary/aromatic N) is 1. The Morgan fingerprint density at radius 2 is 1.77 bits per heavy atom. The number of hydrogen-bond acceptors (Lipinski definition) is 4.